The van der Waals surface area contributed by atoms with Crippen LogP contribution in [0, 0.1) is 32.1 Å². The lowest BCUT2D eigenvalue weighted by Gasteiger charge is -2.17. The van der Waals surface area contributed by atoms with Crippen LogP contribution in [0.2, 0.25) is 0 Å². The Morgan fingerprint density at radius 2 is 1.71 bits per heavy atom. The Morgan fingerprint density at radius 1 is 1.14 bits per heavy atom. The second-order valence-electron chi connectivity index (χ2n) is 3.65. The number of nitrogens with zero attached hydrogens (tertiary/aromatic N) is 3. The molecule has 1 heterocycles. The molecule has 0 aliphatic heterocycles. The molecule has 0 radical (unpaired) electrons. The summed E-state index contributed by atoms with van der Waals surface area (Å²) in [6, 6.07) is 2.21. The van der Waals surface area contributed by atoms with Gasteiger partial charge in [-0.15, -0.1) is 0 Å². The number of hydrogen-bond acceptors (Lipinski definition) is 3. The van der Waals surface area contributed by atoms with Crippen molar-refractivity contribution in [3.63, 3.8) is 0 Å². The van der Waals surface area contributed by atoms with Crippen LogP contribution in [0.1, 0.15) is 22.4 Å². The molecule has 1 aromatic rings. The highest BCUT2D eigenvalue weighted by Crippen LogP contribution is 2.23. The van der Waals surface area contributed by atoms with Gasteiger partial charge >= 0.3 is 0 Å². The van der Waals surface area contributed by atoms with Crippen LogP contribution in [-0.2, 0) is 0 Å². The van der Waals surface area contributed by atoms with Gasteiger partial charge in [0.05, 0.1) is 5.56 Å². The topological polar surface area (TPSA) is 39.9 Å². The smallest absolute Gasteiger partial charge is 0.146 e. The van der Waals surface area contributed by atoms with Gasteiger partial charge in [-0.25, -0.2) is 4.98 Å². The van der Waals surface area contributed by atoms with Crippen LogP contribution in [0.25, 0.3) is 0 Å². The maximum absolute atomic E-state index is 9.05. The fourth-order valence-electron chi connectivity index (χ4n) is 1.38. The van der Waals surface area contributed by atoms with E-state index in [4.69, 9.17) is 5.26 Å². The van der Waals surface area contributed by atoms with Crippen LogP contribution < -0.4 is 4.90 Å². The van der Waals surface area contributed by atoms with Crippen LogP contribution in [-0.4, -0.2) is 19.1 Å². The summed E-state index contributed by atoms with van der Waals surface area (Å²) in [5.41, 5.74) is 3.80. The maximum Gasteiger partial charge on any atom is 0.146 e. The second-order valence-corrected chi connectivity index (χ2v) is 3.65. The normalized spacial score (nSPS) is 9.71. The third-order valence-corrected chi connectivity index (χ3v) is 2.51. The fraction of sp³-hybridized carbons (Fsp3) is 0.455. The van der Waals surface area contributed by atoms with Crippen molar-refractivity contribution < 1.29 is 0 Å². The van der Waals surface area contributed by atoms with Crippen LogP contribution >= 0.6 is 0 Å². The molecule has 0 N–H and O–H groups in total. The van der Waals surface area contributed by atoms with E-state index in [1.165, 1.54) is 0 Å². The van der Waals surface area contributed by atoms with Crippen molar-refractivity contribution in [1.82, 2.24) is 4.98 Å². The van der Waals surface area contributed by atoms with E-state index >= 15 is 0 Å². The van der Waals surface area contributed by atoms with Crippen molar-refractivity contribution in [1.29, 1.82) is 5.26 Å². The molecule has 3 nitrogen and oxygen atoms in total. The van der Waals surface area contributed by atoms with E-state index in [0.29, 0.717) is 5.56 Å². The molecule has 0 unspecified atom stereocenters. The molecular formula is C11H15N3. The minimum absolute atomic E-state index is 0.679. The molecule has 14 heavy (non-hydrogen) atoms. The number of anilines is 1. The van der Waals surface area contributed by atoms with Crippen LogP contribution in [0.4, 0.5) is 5.82 Å². The number of aromatic nitrogens is 1. The highest BCUT2D eigenvalue weighted by molar-refractivity contribution is 5.59. The number of rotatable bonds is 1. The zero-order chi connectivity index (χ0) is 10.9. The van der Waals surface area contributed by atoms with Crippen molar-refractivity contribution in [2.75, 3.05) is 19.0 Å². The Kier molecular flexibility index (Phi) is 2.76. The van der Waals surface area contributed by atoms with Crippen molar-refractivity contribution >= 4 is 5.82 Å². The first-order valence-electron chi connectivity index (χ1n) is 4.54. The predicted molar refractivity (Wildman–Crippen MR) is 57.5 cm³/mol. The van der Waals surface area contributed by atoms with Crippen molar-refractivity contribution in [2.45, 2.75) is 20.8 Å². The van der Waals surface area contributed by atoms with Gasteiger partial charge in [-0.3, -0.25) is 0 Å². The molecule has 3 heteroatoms. The summed E-state index contributed by atoms with van der Waals surface area (Å²) < 4.78 is 0. The van der Waals surface area contributed by atoms with Gasteiger partial charge in [0, 0.05) is 19.8 Å². The largest absolute Gasteiger partial charge is 0.362 e. The third-order valence-electron chi connectivity index (χ3n) is 2.51. The van der Waals surface area contributed by atoms with Crippen LogP contribution in [0.5, 0.6) is 0 Å². The third kappa shape index (κ3) is 1.56. The summed E-state index contributed by atoms with van der Waals surface area (Å²) in [4.78, 5) is 6.28. The van der Waals surface area contributed by atoms with Gasteiger partial charge in [0.2, 0.25) is 0 Å². The molecule has 0 aromatic carbocycles. The molecule has 0 atom stereocenters. The molecule has 0 aliphatic carbocycles. The van der Waals surface area contributed by atoms with Gasteiger partial charge < -0.3 is 4.90 Å². The van der Waals surface area contributed by atoms with Crippen LogP contribution in [0.3, 0.4) is 0 Å². The van der Waals surface area contributed by atoms with E-state index in [2.05, 4.69) is 11.1 Å². The zero-order valence-electron chi connectivity index (χ0n) is 9.34. The SMILES string of the molecule is Cc1nc(N(C)C)c(C#N)c(C)c1C. The molecule has 74 valence electrons. The minimum atomic E-state index is 0.679. The Bertz CT molecular complexity index is 400. The van der Waals surface area contributed by atoms with E-state index in [1.54, 1.807) is 0 Å². The first-order chi connectivity index (χ1) is 6.49. The molecule has 1 rings (SSSR count). The second kappa shape index (κ2) is 3.67. The number of nitriles is 1. The number of hydrogen-bond donors (Lipinski definition) is 0. The standard InChI is InChI=1S/C11H15N3/c1-7-8(2)10(6-12)11(14(4)5)13-9(7)3/h1-5H3. The van der Waals surface area contributed by atoms with Gasteiger partial charge in [-0.2, -0.15) is 5.26 Å². The first kappa shape index (κ1) is 10.5. The van der Waals surface area contributed by atoms with Crippen molar-refractivity contribution in [3.8, 4) is 6.07 Å². The Morgan fingerprint density at radius 3 is 2.14 bits per heavy atom. The number of pyridine rings is 1. The molecular weight excluding hydrogens is 174 g/mol. The van der Waals surface area contributed by atoms with E-state index < -0.39 is 0 Å². The van der Waals surface area contributed by atoms with Gasteiger partial charge in [0.25, 0.3) is 0 Å². The first-order valence-corrected chi connectivity index (χ1v) is 4.54. The van der Waals surface area contributed by atoms with Gasteiger partial charge in [-0.05, 0) is 31.9 Å². The number of aryl methyl sites for hydroxylation is 1. The Labute approximate surface area is 85.0 Å². The summed E-state index contributed by atoms with van der Waals surface area (Å²) in [7, 11) is 3.80. The quantitative estimate of drug-likeness (QED) is 0.677. The Balaban J connectivity index is 3.54. The molecule has 0 bridgehead atoms. The predicted octanol–water partition coefficient (Wildman–Crippen LogP) is 1.94. The van der Waals surface area contributed by atoms with E-state index in [9.17, 15) is 0 Å². The summed E-state index contributed by atoms with van der Waals surface area (Å²) in [5.74, 6) is 0.758. The Hall–Kier alpha value is -1.56. The summed E-state index contributed by atoms with van der Waals surface area (Å²) >= 11 is 0. The van der Waals surface area contributed by atoms with Gasteiger partial charge in [-0.1, -0.05) is 0 Å². The lowest BCUT2D eigenvalue weighted by atomic mass is 10.0. The van der Waals surface area contributed by atoms with E-state index in [1.807, 2.05) is 39.8 Å². The van der Waals surface area contributed by atoms with E-state index in [0.717, 1.165) is 22.6 Å². The minimum Gasteiger partial charge on any atom is -0.362 e. The maximum atomic E-state index is 9.05. The average molecular weight is 189 g/mol. The zero-order valence-corrected chi connectivity index (χ0v) is 9.34. The summed E-state index contributed by atoms with van der Waals surface area (Å²) in [6.45, 7) is 5.93. The molecule has 1 aromatic heterocycles. The van der Waals surface area contributed by atoms with Gasteiger partial charge in [0.15, 0.2) is 0 Å². The monoisotopic (exact) mass is 189 g/mol. The van der Waals surface area contributed by atoms with Crippen molar-refractivity contribution in [3.05, 3.63) is 22.4 Å². The lowest BCUT2D eigenvalue weighted by molar-refractivity contribution is 1.01. The molecule has 0 fully saturated rings. The molecule has 0 aliphatic rings. The molecule has 0 saturated heterocycles. The summed E-state index contributed by atoms with van der Waals surface area (Å²) in [6.07, 6.45) is 0. The fourth-order valence-corrected chi connectivity index (χ4v) is 1.38. The molecule has 0 saturated carbocycles. The lowest BCUT2D eigenvalue weighted by Crippen LogP contribution is -2.14. The summed E-state index contributed by atoms with van der Waals surface area (Å²) in [5, 5.41) is 9.05. The van der Waals surface area contributed by atoms with Gasteiger partial charge in [0.1, 0.15) is 11.9 Å². The highest BCUT2D eigenvalue weighted by atomic mass is 15.1. The molecule has 0 amide bonds. The molecule has 0 spiro atoms. The van der Waals surface area contributed by atoms with E-state index in [-0.39, 0.29) is 0 Å². The average Bonchev–Trinajstić information content (AvgIpc) is 2.13. The highest BCUT2D eigenvalue weighted by Gasteiger charge is 2.12. The van der Waals surface area contributed by atoms with Crippen molar-refractivity contribution in [2.24, 2.45) is 0 Å². The van der Waals surface area contributed by atoms with Crippen LogP contribution in [0.15, 0.2) is 0 Å².